The smallest absolute Gasteiger partial charge is 0.171 e. The van der Waals surface area contributed by atoms with E-state index in [4.69, 9.17) is 0 Å². The van der Waals surface area contributed by atoms with Gasteiger partial charge in [0.1, 0.15) is 5.69 Å². The van der Waals surface area contributed by atoms with Crippen LogP contribution in [0.1, 0.15) is 23.8 Å². The van der Waals surface area contributed by atoms with Crippen molar-refractivity contribution in [2.45, 2.75) is 26.0 Å². The lowest BCUT2D eigenvalue weighted by atomic mass is 10.3. The highest BCUT2D eigenvalue weighted by Crippen LogP contribution is 1.95. The molecule has 5 nitrogen and oxygen atoms in total. The van der Waals surface area contributed by atoms with Crippen molar-refractivity contribution in [3.63, 3.8) is 0 Å². The molecule has 0 aromatic carbocycles. The highest BCUT2D eigenvalue weighted by molar-refractivity contribution is 5.70. The molecule has 5 heteroatoms. The van der Waals surface area contributed by atoms with E-state index in [0.717, 1.165) is 0 Å². The zero-order valence-electron chi connectivity index (χ0n) is 6.84. The number of hydrogen-bond donors (Lipinski definition) is 1. The molecule has 1 rings (SSSR count). The van der Waals surface area contributed by atoms with Crippen molar-refractivity contribution in [3.8, 4) is 0 Å². The zero-order chi connectivity index (χ0) is 8.97. The van der Waals surface area contributed by atoms with Gasteiger partial charge in [-0.05, 0) is 6.42 Å². The number of aliphatic hydroxyl groups is 1. The number of rotatable bonds is 4. The minimum absolute atomic E-state index is 0.290. The summed E-state index contributed by atoms with van der Waals surface area (Å²) in [7, 11) is 0. The van der Waals surface area contributed by atoms with Crippen LogP contribution < -0.4 is 0 Å². The van der Waals surface area contributed by atoms with E-state index in [1.807, 2.05) is 6.92 Å². The molecule has 1 heterocycles. The Balaban J connectivity index is 2.57. The van der Waals surface area contributed by atoms with Crippen molar-refractivity contribution in [1.82, 2.24) is 15.0 Å². The molecule has 12 heavy (non-hydrogen) atoms. The Labute approximate surface area is 70.0 Å². The van der Waals surface area contributed by atoms with E-state index in [9.17, 15) is 9.90 Å². The first-order chi connectivity index (χ1) is 5.76. The molecule has 1 atom stereocenters. The van der Waals surface area contributed by atoms with E-state index >= 15 is 0 Å². The van der Waals surface area contributed by atoms with Crippen molar-refractivity contribution >= 4 is 6.29 Å². The fraction of sp³-hybridized carbons (Fsp3) is 0.571. The Hall–Kier alpha value is -1.23. The fourth-order valence-corrected chi connectivity index (χ4v) is 0.802. The van der Waals surface area contributed by atoms with Crippen molar-refractivity contribution < 1.29 is 9.90 Å². The zero-order valence-corrected chi connectivity index (χ0v) is 6.84. The molecule has 0 aliphatic carbocycles. The summed E-state index contributed by atoms with van der Waals surface area (Å²) in [5.41, 5.74) is 0.290. The van der Waals surface area contributed by atoms with Gasteiger partial charge < -0.3 is 5.11 Å². The summed E-state index contributed by atoms with van der Waals surface area (Å²) >= 11 is 0. The number of carbonyl (C=O) groups is 1. The van der Waals surface area contributed by atoms with Crippen LogP contribution in [0.15, 0.2) is 6.20 Å². The van der Waals surface area contributed by atoms with Crippen LogP contribution >= 0.6 is 0 Å². The number of aliphatic hydroxyl groups excluding tert-OH is 1. The second kappa shape index (κ2) is 3.96. The Morgan fingerprint density at radius 3 is 3.08 bits per heavy atom. The lowest BCUT2D eigenvalue weighted by Gasteiger charge is -2.05. The third kappa shape index (κ3) is 2.13. The molecule has 1 unspecified atom stereocenters. The van der Waals surface area contributed by atoms with Gasteiger partial charge in [0.2, 0.25) is 0 Å². The molecule has 0 bridgehead atoms. The van der Waals surface area contributed by atoms with Gasteiger partial charge in [-0.15, -0.1) is 5.10 Å². The third-order valence-electron chi connectivity index (χ3n) is 1.55. The highest BCUT2D eigenvalue weighted by atomic mass is 16.3. The fourth-order valence-electron chi connectivity index (χ4n) is 0.802. The monoisotopic (exact) mass is 169 g/mol. The van der Waals surface area contributed by atoms with E-state index < -0.39 is 6.10 Å². The number of aromatic nitrogens is 3. The molecule has 0 aliphatic heterocycles. The predicted octanol–water partition coefficient (Wildman–Crippen LogP) is -0.139. The van der Waals surface area contributed by atoms with Crippen molar-refractivity contribution in [1.29, 1.82) is 0 Å². The summed E-state index contributed by atoms with van der Waals surface area (Å²) in [5, 5.41) is 16.4. The second-order valence-corrected chi connectivity index (χ2v) is 2.55. The quantitative estimate of drug-likeness (QED) is 0.637. The minimum atomic E-state index is -0.425. The molecule has 0 spiro atoms. The van der Waals surface area contributed by atoms with Crippen LogP contribution in [0.4, 0.5) is 0 Å². The summed E-state index contributed by atoms with van der Waals surface area (Å²) in [5.74, 6) is 0. The van der Waals surface area contributed by atoms with E-state index in [2.05, 4.69) is 10.3 Å². The largest absolute Gasteiger partial charge is 0.391 e. The van der Waals surface area contributed by atoms with Gasteiger partial charge in [-0.25, -0.2) is 4.68 Å². The van der Waals surface area contributed by atoms with Gasteiger partial charge in [-0.2, -0.15) is 0 Å². The van der Waals surface area contributed by atoms with Crippen molar-refractivity contribution in [3.05, 3.63) is 11.9 Å². The Morgan fingerprint density at radius 2 is 2.58 bits per heavy atom. The first-order valence-corrected chi connectivity index (χ1v) is 3.79. The van der Waals surface area contributed by atoms with Crippen LogP contribution in [-0.4, -0.2) is 32.5 Å². The summed E-state index contributed by atoms with van der Waals surface area (Å²) in [6.07, 6.45) is 2.37. The van der Waals surface area contributed by atoms with E-state index in [1.165, 1.54) is 10.9 Å². The van der Waals surface area contributed by atoms with Crippen LogP contribution in [0.2, 0.25) is 0 Å². The maximum Gasteiger partial charge on any atom is 0.171 e. The number of nitrogens with zero attached hydrogens (tertiary/aromatic N) is 3. The highest BCUT2D eigenvalue weighted by Gasteiger charge is 2.04. The first-order valence-electron chi connectivity index (χ1n) is 3.79. The maximum atomic E-state index is 10.2. The SMILES string of the molecule is CCC(O)Cn1cc(C=O)nn1. The average molecular weight is 169 g/mol. The van der Waals surface area contributed by atoms with Crippen LogP contribution in [0.25, 0.3) is 0 Å². The Morgan fingerprint density at radius 1 is 1.83 bits per heavy atom. The maximum absolute atomic E-state index is 10.2. The normalized spacial score (nSPS) is 12.8. The molecule has 0 amide bonds. The van der Waals surface area contributed by atoms with Gasteiger partial charge in [0.15, 0.2) is 6.29 Å². The molecule has 0 saturated heterocycles. The molecule has 1 aromatic rings. The average Bonchev–Trinajstić information content (AvgIpc) is 2.52. The molecule has 1 aromatic heterocycles. The number of aldehydes is 1. The van der Waals surface area contributed by atoms with Crippen molar-refractivity contribution in [2.24, 2.45) is 0 Å². The molecular weight excluding hydrogens is 158 g/mol. The van der Waals surface area contributed by atoms with Crippen LogP contribution in [-0.2, 0) is 6.54 Å². The van der Waals surface area contributed by atoms with Gasteiger partial charge >= 0.3 is 0 Å². The number of carbonyl (C=O) groups excluding carboxylic acids is 1. The van der Waals surface area contributed by atoms with E-state index in [0.29, 0.717) is 24.9 Å². The standard InChI is InChI=1S/C7H11N3O2/c1-2-7(12)4-10-3-6(5-11)8-9-10/h3,5,7,12H,2,4H2,1H3. The summed E-state index contributed by atoms with van der Waals surface area (Å²) in [6, 6.07) is 0. The van der Waals surface area contributed by atoms with E-state index in [-0.39, 0.29) is 0 Å². The van der Waals surface area contributed by atoms with Crippen molar-refractivity contribution in [2.75, 3.05) is 0 Å². The van der Waals surface area contributed by atoms with Gasteiger partial charge in [-0.1, -0.05) is 12.1 Å². The van der Waals surface area contributed by atoms with Gasteiger partial charge in [0.25, 0.3) is 0 Å². The van der Waals surface area contributed by atoms with Gasteiger partial charge in [0.05, 0.1) is 18.8 Å². The topological polar surface area (TPSA) is 68.0 Å². The molecular formula is C7H11N3O2. The second-order valence-electron chi connectivity index (χ2n) is 2.55. The van der Waals surface area contributed by atoms with Crippen LogP contribution in [0.3, 0.4) is 0 Å². The molecule has 1 N–H and O–H groups in total. The summed E-state index contributed by atoms with van der Waals surface area (Å²) < 4.78 is 1.46. The molecule has 0 aliphatic rings. The van der Waals surface area contributed by atoms with Crippen LogP contribution in [0, 0.1) is 0 Å². The molecule has 66 valence electrons. The lowest BCUT2D eigenvalue weighted by molar-refractivity contribution is 0.111. The molecule has 0 radical (unpaired) electrons. The predicted molar refractivity (Wildman–Crippen MR) is 41.7 cm³/mol. The van der Waals surface area contributed by atoms with Gasteiger partial charge in [0, 0.05) is 0 Å². The van der Waals surface area contributed by atoms with E-state index in [1.54, 1.807) is 0 Å². The lowest BCUT2D eigenvalue weighted by Crippen LogP contribution is -2.15. The Bertz CT molecular complexity index is 259. The summed E-state index contributed by atoms with van der Waals surface area (Å²) in [6.45, 7) is 2.26. The van der Waals surface area contributed by atoms with Gasteiger partial charge in [-0.3, -0.25) is 4.79 Å². The molecule has 0 fully saturated rings. The summed E-state index contributed by atoms with van der Waals surface area (Å²) in [4.78, 5) is 10.2. The minimum Gasteiger partial charge on any atom is -0.391 e. The third-order valence-corrected chi connectivity index (χ3v) is 1.55. The number of hydrogen-bond acceptors (Lipinski definition) is 4. The Kier molecular flexibility index (Phi) is 2.93. The van der Waals surface area contributed by atoms with Crippen LogP contribution in [0.5, 0.6) is 0 Å². The molecule has 0 saturated carbocycles. The first kappa shape index (κ1) is 8.86.